The van der Waals surface area contributed by atoms with Crippen LogP contribution in [0.15, 0.2) is 49.1 Å². The maximum Gasteiger partial charge on any atom is 0.330 e. The molecular weight excluding hydrogens is 232 g/mol. The van der Waals surface area contributed by atoms with Gasteiger partial charge in [0.05, 0.1) is 14.2 Å². The zero-order valence-corrected chi connectivity index (χ0v) is 10.5. The molecule has 0 saturated heterocycles. The highest BCUT2D eigenvalue weighted by Gasteiger charge is 1.94. The van der Waals surface area contributed by atoms with E-state index in [0.717, 1.165) is 12.2 Å². The lowest BCUT2D eigenvalue weighted by Crippen LogP contribution is -1.98. The van der Waals surface area contributed by atoms with Crippen LogP contribution in [0.1, 0.15) is 5.56 Å². The summed E-state index contributed by atoms with van der Waals surface area (Å²) in [6, 6.07) is 10.0. The topological polar surface area (TPSA) is 52.6 Å². The molecule has 96 valence electrons. The second-order valence-corrected chi connectivity index (χ2v) is 2.99. The van der Waals surface area contributed by atoms with Crippen LogP contribution in [-0.4, -0.2) is 26.2 Å². The number of carbonyl (C=O) groups is 2. The van der Waals surface area contributed by atoms with Crippen molar-refractivity contribution in [2.45, 2.75) is 0 Å². The van der Waals surface area contributed by atoms with Crippen molar-refractivity contribution in [3.05, 3.63) is 54.6 Å². The minimum absolute atomic E-state index is 0.578. The minimum atomic E-state index is -0.578. The Morgan fingerprint density at radius 2 is 1.44 bits per heavy atom. The van der Waals surface area contributed by atoms with Gasteiger partial charge in [-0.2, -0.15) is 0 Å². The molecule has 4 heteroatoms. The summed E-state index contributed by atoms with van der Waals surface area (Å²) in [7, 11) is 2.45. The molecule has 0 aliphatic rings. The Morgan fingerprint density at radius 3 is 1.72 bits per heavy atom. The highest BCUT2D eigenvalue weighted by Crippen LogP contribution is 1.97. The van der Waals surface area contributed by atoms with Gasteiger partial charge in [-0.05, 0) is 5.56 Å². The third kappa shape index (κ3) is 7.87. The molecule has 1 aromatic rings. The van der Waals surface area contributed by atoms with E-state index in [0.29, 0.717) is 0 Å². The van der Waals surface area contributed by atoms with Crippen molar-refractivity contribution in [3.8, 4) is 0 Å². The Labute approximate surface area is 107 Å². The first kappa shape index (κ1) is 15.6. The molecule has 0 aliphatic carbocycles. The molecule has 18 heavy (non-hydrogen) atoms. The van der Waals surface area contributed by atoms with E-state index >= 15 is 0 Å². The molecule has 0 aromatic heterocycles. The Bertz CT molecular complexity index is 389. The van der Waals surface area contributed by atoms with E-state index in [9.17, 15) is 9.59 Å². The zero-order chi connectivity index (χ0) is 13.8. The number of hydrogen-bond acceptors (Lipinski definition) is 4. The molecule has 0 spiro atoms. The van der Waals surface area contributed by atoms with Gasteiger partial charge in [-0.1, -0.05) is 43.0 Å². The van der Waals surface area contributed by atoms with E-state index in [1.54, 1.807) is 0 Å². The fourth-order valence-electron chi connectivity index (χ4n) is 0.861. The first-order valence-corrected chi connectivity index (χ1v) is 5.15. The summed E-state index contributed by atoms with van der Waals surface area (Å²) in [5.74, 6) is -1.16. The van der Waals surface area contributed by atoms with E-state index < -0.39 is 11.9 Å². The van der Waals surface area contributed by atoms with Crippen molar-refractivity contribution in [2.75, 3.05) is 14.2 Å². The van der Waals surface area contributed by atoms with Crippen molar-refractivity contribution in [3.63, 3.8) is 0 Å². The van der Waals surface area contributed by atoms with Gasteiger partial charge in [0.2, 0.25) is 0 Å². The summed E-state index contributed by atoms with van der Waals surface area (Å²) in [4.78, 5) is 20.6. The van der Waals surface area contributed by atoms with E-state index in [2.05, 4.69) is 16.1 Å². The Balaban J connectivity index is 0.000000327. The van der Waals surface area contributed by atoms with Gasteiger partial charge in [0.15, 0.2) is 0 Å². The molecule has 0 fully saturated rings. The third-order valence-corrected chi connectivity index (χ3v) is 1.79. The van der Waals surface area contributed by atoms with E-state index in [4.69, 9.17) is 0 Å². The molecule has 1 rings (SSSR count). The molecule has 1 aromatic carbocycles. The standard InChI is InChI=1S/C8H8.C6H8O4/c1-2-8-6-4-3-5-7-8;1-9-5(7)3-4-6(8)10-2/h2-7H,1H2;3-4H,1-2H3/b;4-3+. The van der Waals surface area contributed by atoms with E-state index in [1.807, 2.05) is 36.4 Å². The van der Waals surface area contributed by atoms with Gasteiger partial charge in [0.25, 0.3) is 0 Å². The molecule has 0 unspecified atom stereocenters. The Hall–Kier alpha value is -2.36. The molecule has 0 bridgehead atoms. The van der Waals surface area contributed by atoms with Crippen molar-refractivity contribution in [1.29, 1.82) is 0 Å². The highest BCUT2D eigenvalue weighted by atomic mass is 16.5. The minimum Gasteiger partial charge on any atom is -0.466 e. The Kier molecular flexibility index (Phi) is 8.55. The molecule has 0 heterocycles. The summed E-state index contributed by atoms with van der Waals surface area (Å²) in [6.07, 6.45) is 3.82. The molecule has 0 aliphatic heterocycles. The smallest absolute Gasteiger partial charge is 0.330 e. The number of esters is 2. The van der Waals surface area contributed by atoms with Gasteiger partial charge in [0.1, 0.15) is 0 Å². The zero-order valence-electron chi connectivity index (χ0n) is 10.5. The summed E-state index contributed by atoms with van der Waals surface area (Å²) < 4.78 is 8.42. The molecular formula is C14H16O4. The number of carbonyl (C=O) groups excluding carboxylic acids is 2. The van der Waals surface area contributed by atoms with Crippen LogP contribution in [0.5, 0.6) is 0 Å². The van der Waals surface area contributed by atoms with Crippen molar-refractivity contribution >= 4 is 18.0 Å². The van der Waals surface area contributed by atoms with Crippen LogP contribution in [-0.2, 0) is 19.1 Å². The van der Waals surface area contributed by atoms with Crippen LogP contribution in [0, 0.1) is 0 Å². The fraction of sp³-hybridized carbons (Fsp3) is 0.143. The van der Waals surface area contributed by atoms with Crippen molar-refractivity contribution in [2.24, 2.45) is 0 Å². The van der Waals surface area contributed by atoms with Crippen LogP contribution in [0.25, 0.3) is 6.08 Å². The Morgan fingerprint density at radius 1 is 1.00 bits per heavy atom. The number of methoxy groups -OCH3 is 2. The largest absolute Gasteiger partial charge is 0.466 e. The molecule has 0 N–H and O–H groups in total. The van der Waals surface area contributed by atoms with E-state index in [1.165, 1.54) is 19.8 Å². The van der Waals surface area contributed by atoms with Gasteiger partial charge in [-0.25, -0.2) is 9.59 Å². The third-order valence-electron chi connectivity index (χ3n) is 1.79. The lowest BCUT2D eigenvalue weighted by atomic mass is 10.2. The molecule has 0 atom stereocenters. The highest BCUT2D eigenvalue weighted by molar-refractivity contribution is 5.91. The van der Waals surface area contributed by atoms with Gasteiger partial charge in [0, 0.05) is 12.2 Å². The van der Waals surface area contributed by atoms with Crippen LogP contribution >= 0.6 is 0 Å². The predicted octanol–water partition coefficient (Wildman–Crippen LogP) is 2.22. The summed E-state index contributed by atoms with van der Waals surface area (Å²) in [5.41, 5.74) is 1.17. The summed E-state index contributed by atoms with van der Waals surface area (Å²) >= 11 is 0. The maximum atomic E-state index is 10.3. The first-order chi connectivity index (χ1) is 8.63. The summed E-state index contributed by atoms with van der Waals surface area (Å²) in [6.45, 7) is 3.63. The average molecular weight is 248 g/mol. The molecule has 0 saturated carbocycles. The quantitative estimate of drug-likeness (QED) is 0.608. The van der Waals surface area contributed by atoms with Crippen LogP contribution in [0.4, 0.5) is 0 Å². The van der Waals surface area contributed by atoms with Gasteiger partial charge < -0.3 is 9.47 Å². The monoisotopic (exact) mass is 248 g/mol. The summed E-state index contributed by atoms with van der Waals surface area (Å²) in [5, 5.41) is 0. The first-order valence-electron chi connectivity index (χ1n) is 5.15. The van der Waals surface area contributed by atoms with Gasteiger partial charge in [-0.15, -0.1) is 0 Å². The number of rotatable bonds is 3. The molecule has 4 nitrogen and oxygen atoms in total. The lowest BCUT2D eigenvalue weighted by molar-refractivity contribution is -0.137. The van der Waals surface area contributed by atoms with Crippen molar-refractivity contribution in [1.82, 2.24) is 0 Å². The number of ether oxygens (including phenoxy) is 2. The molecule has 0 radical (unpaired) electrons. The van der Waals surface area contributed by atoms with E-state index in [-0.39, 0.29) is 0 Å². The van der Waals surface area contributed by atoms with Gasteiger partial charge >= 0.3 is 11.9 Å². The second-order valence-electron chi connectivity index (χ2n) is 2.99. The normalized spacial score (nSPS) is 9.00. The van der Waals surface area contributed by atoms with Crippen LogP contribution in [0.3, 0.4) is 0 Å². The number of hydrogen-bond donors (Lipinski definition) is 0. The number of benzene rings is 1. The predicted molar refractivity (Wildman–Crippen MR) is 69.7 cm³/mol. The average Bonchev–Trinajstić information content (AvgIpc) is 2.45. The lowest BCUT2D eigenvalue weighted by Gasteiger charge is -1.89. The molecule has 0 amide bonds. The van der Waals surface area contributed by atoms with Gasteiger partial charge in [-0.3, -0.25) is 0 Å². The fourth-order valence-corrected chi connectivity index (χ4v) is 0.861. The maximum absolute atomic E-state index is 10.3. The van der Waals surface area contributed by atoms with Crippen LogP contribution in [0.2, 0.25) is 0 Å². The SMILES string of the molecule is C=Cc1ccccc1.COC(=O)/C=C/C(=O)OC. The van der Waals surface area contributed by atoms with Crippen LogP contribution < -0.4 is 0 Å². The second kappa shape index (κ2) is 9.84. The van der Waals surface area contributed by atoms with Crippen molar-refractivity contribution < 1.29 is 19.1 Å².